The van der Waals surface area contributed by atoms with E-state index in [2.05, 4.69) is 28.1 Å². The highest BCUT2D eigenvalue weighted by Crippen LogP contribution is 2.33. The fourth-order valence-electron chi connectivity index (χ4n) is 2.28. The minimum absolute atomic E-state index is 0.171. The lowest BCUT2D eigenvalue weighted by Gasteiger charge is -2.15. The minimum Gasteiger partial charge on any atom is -0.493 e. The maximum atomic E-state index is 5.95. The van der Waals surface area contributed by atoms with Crippen molar-refractivity contribution in [2.45, 2.75) is 39.2 Å². The molecule has 0 heterocycles. The molecule has 0 saturated heterocycles. The quantitative estimate of drug-likeness (QED) is 0.457. The van der Waals surface area contributed by atoms with Crippen molar-refractivity contribution in [2.24, 2.45) is 0 Å². The highest BCUT2D eigenvalue weighted by atomic mass is 79.9. The summed E-state index contributed by atoms with van der Waals surface area (Å²) in [7, 11) is 0. The van der Waals surface area contributed by atoms with Gasteiger partial charge < -0.3 is 9.47 Å². The number of ether oxygens (including phenoxy) is 2. The molecule has 114 valence electrons. The molecule has 2 rings (SSSR count). The van der Waals surface area contributed by atoms with E-state index >= 15 is 0 Å². The van der Waals surface area contributed by atoms with E-state index in [1.54, 1.807) is 0 Å². The molecule has 0 aliphatic carbocycles. The van der Waals surface area contributed by atoms with Gasteiger partial charge in [0.25, 0.3) is 0 Å². The maximum Gasteiger partial charge on any atom is 0.127 e. The standard InChI is InChI=1S/C18H23BrO2/c1-14(2)21-18-11-10-17(20-13-7-3-6-12-19)15-8-4-5-9-16(15)18/h4-5,8-11,14H,3,6-7,12-13H2,1-2H3. The third kappa shape index (κ3) is 4.63. The first kappa shape index (κ1) is 16.2. The second-order valence-corrected chi connectivity index (χ2v) is 6.17. The summed E-state index contributed by atoms with van der Waals surface area (Å²) in [6.07, 6.45) is 3.65. The Morgan fingerprint density at radius 3 is 2.24 bits per heavy atom. The van der Waals surface area contributed by atoms with Crippen LogP contribution in [0, 0.1) is 0 Å². The van der Waals surface area contributed by atoms with Crippen LogP contribution in [0.15, 0.2) is 36.4 Å². The Labute approximate surface area is 135 Å². The van der Waals surface area contributed by atoms with Crippen molar-refractivity contribution in [3.8, 4) is 11.5 Å². The first-order valence-corrected chi connectivity index (χ1v) is 8.71. The summed E-state index contributed by atoms with van der Waals surface area (Å²) in [4.78, 5) is 0. The summed E-state index contributed by atoms with van der Waals surface area (Å²) >= 11 is 3.45. The number of fused-ring (bicyclic) bond motifs is 1. The molecule has 0 fully saturated rings. The van der Waals surface area contributed by atoms with Gasteiger partial charge in [0, 0.05) is 16.1 Å². The maximum absolute atomic E-state index is 5.95. The summed E-state index contributed by atoms with van der Waals surface area (Å²) in [5.41, 5.74) is 0. The number of rotatable bonds is 8. The average molecular weight is 351 g/mol. The fraction of sp³-hybridized carbons (Fsp3) is 0.444. The van der Waals surface area contributed by atoms with Crippen LogP contribution in [0.1, 0.15) is 33.1 Å². The van der Waals surface area contributed by atoms with E-state index in [0.29, 0.717) is 0 Å². The number of alkyl halides is 1. The molecule has 0 aromatic heterocycles. The zero-order valence-electron chi connectivity index (χ0n) is 12.8. The van der Waals surface area contributed by atoms with Crippen molar-refractivity contribution in [3.05, 3.63) is 36.4 Å². The van der Waals surface area contributed by atoms with Crippen molar-refractivity contribution >= 4 is 26.7 Å². The monoisotopic (exact) mass is 350 g/mol. The lowest BCUT2D eigenvalue weighted by atomic mass is 10.1. The normalized spacial score (nSPS) is 11.0. The van der Waals surface area contributed by atoms with Gasteiger partial charge in [-0.05, 0) is 45.2 Å². The molecular weight excluding hydrogens is 328 g/mol. The van der Waals surface area contributed by atoms with Gasteiger partial charge in [0.1, 0.15) is 11.5 Å². The second kappa shape index (κ2) is 8.28. The second-order valence-electron chi connectivity index (χ2n) is 5.37. The zero-order chi connectivity index (χ0) is 15.1. The van der Waals surface area contributed by atoms with E-state index in [4.69, 9.17) is 9.47 Å². The third-order valence-corrected chi connectivity index (χ3v) is 3.80. The zero-order valence-corrected chi connectivity index (χ0v) is 14.4. The molecule has 0 aliphatic heterocycles. The van der Waals surface area contributed by atoms with Crippen LogP contribution in [0.5, 0.6) is 11.5 Å². The van der Waals surface area contributed by atoms with Crippen LogP contribution < -0.4 is 9.47 Å². The Hall–Kier alpha value is -1.22. The first-order chi connectivity index (χ1) is 10.2. The van der Waals surface area contributed by atoms with Crippen molar-refractivity contribution < 1.29 is 9.47 Å². The predicted octanol–water partition coefficient (Wildman–Crippen LogP) is 5.57. The Balaban J connectivity index is 2.14. The number of unbranched alkanes of at least 4 members (excludes halogenated alkanes) is 2. The van der Waals surface area contributed by atoms with Crippen LogP contribution in [0.25, 0.3) is 10.8 Å². The summed E-state index contributed by atoms with van der Waals surface area (Å²) < 4.78 is 11.8. The molecule has 0 aliphatic rings. The Bertz CT molecular complexity index is 566. The molecule has 3 heteroatoms. The summed E-state index contributed by atoms with van der Waals surface area (Å²) in [6, 6.07) is 12.3. The van der Waals surface area contributed by atoms with E-state index in [1.807, 2.05) is 38.1 Å². The molecule has 0 atom stereocenters. The van der Waals surface area contributed by atoms with Gasteiger partial charge >= 0.3 is 0 Å². The molecule has 0 amide bonds. The van der Waals surface area contributed by atoms with Gasteiger partial charge in [-0.2, -0.15) is 0 Å². The van der Waals surface area contributed by atoms with Crippen LogP contribution >= 0.6 is 15.9 Å². The van der Waals surface area contributed by atoms with E-state index in [0.717, 1.165) is 40.6 Å². The summed E-state index contributed by atoms with van der Waals surface area (Å²) in [5, 5.41) is 3.30. The molecule has 21 heavy (non-hydrogen) atoms. The van der Waals surface area contributed by atoms with Gasteiger partial charge in [0.15, 0.2) is 0 Å². The lowest BCUT2D eigenvalue weighted by molar-refractivity contribution is 0.245. The third-order valence-electron chi connectivity index (χ3n) is 3.24. The first-order valence-electron chi connectivity index (χ1n) is 7.59. The SMILES string of the molecule is CC(C)Oc1ccc(OCCCCCBr)c2ccccc12. The number of hydrogen-bond donors (Lipinski definition) is 0. The van der Waals surface area contributed by atoms with Crippen LogP contribution in [-0.4, -0.2) is 18.0 Å². The van der Waals surface area contributed by atoms with Crippen molar-refractivity contribution in [3.63, 3.8) is 0 Å². The average Bonchev–Trinajstić information content (AvgIpc) is 2.48. The molecular formula is C18H23BrO2. The highest BCUT2D eigenvalue weighted by Gasteiger charge is 2.08. The van der Waals surface area contributed by atoms with Crippen LogP contribution in [-0.2, 0) is 0 Å². The number of benzene rings is 2. The topological polar surface area (TPSA) is 18.5 Å². The van der Waals surface area contributed by atoms with Crippen LogP contribution in [0.4, 0.5) is 0 Å². The number of hydrogen-bond acceptors (Lipinski definition) is 2. The molecule has 0 unspecified atom stereocenters. The number of halogens is 1. The Morgan fingerprint density at radius 1 is 0.905 bits per heavy atom. The van der Waals surface area contributed by atoms with Crippen molar-refractivity contribution in [2.75, 3.05) is 11.9 Å². The van der Waals surface area contributed by atoms with E-state index < -0.39 is 0 Å². The highest BCUT2D eigenvalue weighted by molar-refractivity contribution is 9.09. The Kier molecular flexibility index (Phi) is 6.37. The molecule has 0 saturated carbocycles. The molecule has 2 nitrogen and oxygen atoms in total. The van der Waals surface area contributed by atoms with E-state index in [9.17, 15) is 0 Å². The van der Waals surface area contributed by atoms with Gasteiger partial charge in [0.2, 0.25) is 0 Å². The smallest absolute Gasteiger partial charge is 0.127 e. The van der Waals surface area contributed by atoms with Gasteiger partial charge in [-0.15, -0.1) is 0 Å². The van der Waals surface area contributed by atoms with Crippen molar-refractivity contribution in [1.82, 2.24) is 0 Å². The summed E-state index contributed by atoms with van der Waals surface area (Å²) in [6.45, 7) is 4.85. The largest absolute Gasteiger partial charge is 0.493 e. The van der Waals surface area contributed by atoms with E-state index in [-0.39, 0.29) is 6.10 Å². The molecule has 2 aromatic rings. The van der Waals surface area contributed by atoms with Gasteiger partial charge in [0.05, 0.1) is 12.7 Å². The lowest BCUT2D eigenvalue weighted by Crippen LogP contribution is -2.06. The van der Waals surface area contributed by atoms with Crippen LogP contribution in [0.3, 0.4) is 0 Å². The molecule has 0 spiro atoms. The van der Waals surface area contributed by atoms with Gasteiger partial charge in [-0.3, -0.25) is 0 Å². The molecule has 2 aromatic carbocycles. The van der Waals surface area contributed by atoms with Crippen LogP contribution in [0.2, 0.25) is 0 Å². The molecule has 0 N–H and O–H groups in total. The summed E-state index contributed by atoms with van der Waals surface area (Å²) in [5.74, 6) is 1.87. The van der Waals surface area contributed by atoms with E-state index in [1.165, 1.54) is 12.8 Å². The molecule has 0 bridgehead atoms. The van der Waals surface area contributed by atoms with Gasteiger partial charge in [-0.1, -0.05) is 40.2 Å². The molecule has 0 radical (unpaired) electrons. The fourth-order valence-corrected chi connectivity index (χ4v) is 2.68. The Morgan fingerprint density at radius 2 is 1.57 bits per heavy atom. The minimum atomic E-state index is 0.171. The van der Waals surface area contributed by atoms with Gasteiger partial charge in [-0.25, -0.2) is 0 Å². The van der Waals surface area contributed by atoms with Crippen molar-refractivity contribution in [1.29, 1.82) is 0 Å². The predicted molar refractivity (Wildman–Crippen MR) is 92.9 cm³/mol.